The summed E-state index contributed by atoms with van der Waals surface area (Å²) in [4.78, 5) is 11.3. The van der Waals surface area contributed by atoms with Gasteiger partial charge >= 0.3 is 0 Å². The van der Waals surface area contributed by atoms with Crippen LogP contribution in [0.1, 0.15) is 6.42 Å². The van der Waals surface area contributed by atoms with E-state index in [-0.39, 0.29) is 6.07 Å². The van der Waals surface area contributed by atoms with Crippen LogP contribution < -0.4 is 5.01 Å². The number of benzene rings is 1. The van der Waals surface area contributed by atoms with Crippen LogP contribution in [0, 0.1) is 17.5 Å². The molecule has 2 rings (SSSR count). The summed E-state index contributed by atoms with van der Waals surface area (Å²) >= 11 is 0. The third-order valence-corrected chi connectivity index (χ3v) is 2.27. The van der Waals surface area contributed by atoms with Crippen LogP contribution in [0.5, 0.6) is 0 Å². The molecule has 0 bridgehead atoms. The van der Waals surface area contributed by atoms with Crippen molar-refractivity contribution >= 4 is 17.3 Å². The average Bonchev–Trinajstić information content (AvgIpc) is 2.66. The summed E-state index contributed by atoms with van der Waals surface area (Å²) in [6.45, 7) is 0. The van der Waals surface area contributed by atoms with E-state index in [2.05, 4.69) is 5.10 Å². The lowest BCUT2D eigenvalue weighted by Crippen LogP contribution is -2.21. The Kier molecular flexibility index (Phi) is 3.02. The number of amides is 1. The second-order valence-corrected chi connectivity index (χ2v) is 3.49. The van der Waals surface area contributed by atoms with E-state index < -0.39 is 47.6 Å². The van der Waals surface area contributed by atoms with E-state index in [9.17, 15) is 26.7 Å². The zero-order chi connectivity index (χ0) is 13.4. The molecule has 0 N–H and O–H groups in total. The molecule has 1 aromatic rings. The van der Waals surface area contributed by atoms with E-state index in [1.54, 1.807) is 0 Å². The summed E-state index contributed by atoms with van der Waals surface area (Å²) in [6, 6.07) is 0.605. The Hall–Kier alpha value is -1.99. The Bertz CT molecular complexity index is 543. The van der Waals surface area contributed by atoms with Crippen LogP contribution in [0.25, 0.3) is 0 Å². The molecule has 1 heterocycles. The number of hydrogen-bond donors (Lipinski definition) is 0. The van der Waals surface area contributed by atoms with Crippen LogP contribution in [0.15, 0.2) is 17.2 Å². The summed E-state index contributed by atoms with van der Waals surface area (Å²) in [7, 11) is 0. The molecule has 0 saturated carbocycles. The first-order valence-electron chi connectivity index (χ1n) is 4.73. The van der Waals surface area contributed by atoms with Gasteiger partial charge in [0.25, 0.3) is 12.3 Å². The van der Waals surface area contributed by atoms with Gasteiger partial charge in [0.15, 0.2) is 17.5 Å². The van der Waals surface area contributed by atoms with E-state index in [0.29, 0.717) is 11.1 Å². The number of anilines is 1. The Balaban J connectivity index is 2.44. The second-order valence-electron chi connectivity index (χ2n) is 3.49. The standard InChI is InChI=1S/C10H5F5N2O/c11-4-1-6(13)8(2-5(4)12)17-9(18)3-7(16-17)10(14)15/h1-2,10H,3H2. The van der Waals surface area contributed by atoms with E-state index in [0.717, 1.165) is 0 Å². The van der Waals surface area contributed by atoms with Gasteiger partial charge in [-0.2, -0.15) is 10.1 Å². The highest BCUT2D eigenvalue weighted by molar-refractivity contribution is 6.14. The van der Waals surface area contributed by atoms with Gasteiger partial charge in [0, 0.05) is 12.1 Å². The fourth-order valence-corrected chi connectivity index (χ4v) is 1.43. The molecule has 18 heavy (non-hydrogen) atoms. The molecule has 0 saturated heterocycles. The van der Waals surface area contributed by atoms with Gasteiger partial charge in [0.1, 0.15) is 11.4 Å². The van der Waals surface area contributed by atoms with Gasteiger partial charge in [-0.15, -0.1) is 0 Å². The minimum Gasteiger partial charge on any atom is -0.272 e. The molecular weight excluding hydrogens is 259 g/mol. The Morgan fingerprint density at radius 3 is 2.28 bits per heavy atom. The molecule has 1 aliphatic rings. The quantitative estimate of drug-likeness (QED) is 0.596. The van der Waals surface area contributed by atoms with Gasteiger partial charge in [-0.3, -0.25) is 4.79 Å². The molecule has 3 nitrogen and oxygen atoms in total. The molecule has 0 radical (unpaired) electrons. The highest BCUT2D eigenvalue weighted by Crippen LogP contribution is 2.27. The first-order valence-corrected chi connectivity index (χ1v) is 4.73. The summed E-state index contributed by atoms with van der Waals surface area (Å²) < 4.78 is 63.5. The smallest absolute Gasteiger partial charge is 0.272 e. The monoisotopic (exact) mass is 264 g/mol. The summed E-state index contributed by atoms with van der Waals surface area (Å²) in [5.74, 6) is -5.04. The highest BCUT2D eigenvalue weighted by Gasteiger charge is 2.32. The number of nitrogens with zero attached hydrogens (tertiary/aromatic N) is 2. The highest BCUT2D eigenvalue weighted by atomic mass is 19.3. The molecule has 0 spiro atoms. The average molecular weight is 264 g/mol. The molecule has 0 fully saturated rings. The SMILES string of the molecule is O=C1CC(C(F)F)=NN1c1cc(F)c(F)cc1F. The molecular formula is C10H5F5N2O. The third-order valence-electron chi connectivity index (χ3n) is 2.27. The van der Waals surface area contributed by atoms with Gasteiger partial charge in [0.2, 0.25) is 0 Å². The number of rotatable bonds is 2. The summed E-state index contributed by atoms with van der Waals surface area (Å²) in [5.41, 5.74) is -1.45. The van der Waals surface area contributed by atoms with Crippen molar-refractivity contribution in [2.24, 2.45) is 5.10 Å². The van der Waals surface area contributed by atoms with Gasteiger partial charge in [-0.1, -0.05) is 0 Å². The van der Waals surface area contributed by atoms with Crippen LogP contribution >= 0.6 is 0 Å². The molecule has 0 aromatic heterocycles. The minimum atomic E-state index is -2.97. The zero-order valence-electron chi connectivity index (χ0n) is 8.63. The molecule has 96 valence electrons. The van der Waals surface area contributed by atoms with Crippen molar-refractivity contribution in [3.63, 3.8) is 0 Å². The Morgan fingerprint density at radius 2 is 1.72 bits per heavy atom. The molecule has 0 unspecified atom stereocenters. The van der Waals surface area contributed by atoms with Gasteiger partial charge < -0.3 is 0 Å². The van der Waals surface area contributed by atoms with Crippen LogP contribution in [-0.2, 0) is 4.79 Å². The first-order chi connectivity index (χ1) is 8.40. The topological polar surface area (TPSA) is 32.7 Å². The molecule has 0 aliphatic carbocycles. The van der Waals surface area contributed by atoms with Crippen molar-refractivity contribution < 1.29 is 26.7 Å². The van der Waals surface area contributed by atoms with Gasteiger partial charge in [-0.05, 0) is 0 Å². The Labute approximate surface area is 97.5 Å². The largest absolute Gasteiger partial charge is 0.278 e. The maximum absolute atomic E-state index is 13.3. The number of alkyl halides is 2. The first kappa shape index (κ1) is 12.5. The predicted molar refractivity (Wildman–Crippen MR) is 51.9 cm³/mol. The summed E-state index contributed by atoms with van der Waals surface area (Å²) in [5, 5.41) is 3.50. The van der Waals surface area contributed by atoms with Gasteiger partial charge in [0.05, 0.1) is 6.42 Å². The number of carbonyl (C=O) groups is 1. The van der Waals surface area contributed by atoms with Crippen molar-refractivity contribution in [1.82, 2.24) is 0 Å². The van der Waals surface area contributed by atoms with Crippen molar-refractivity contribution in [2.75, 3.05) is 5.01 Å². The van der Waals surface area contributed by atoms with E-state index in [1.807, 2.05) is 0 Å². The normalized spacial score (nSPS) is 15.6. The van der Waals surface area contributed by atoms with Crippen molar-refractivity contribution in [2.45, 2.75) is 12.8 Å². The van der Waals surface area contributed by atoms with Crippen molar-refractivity contribution in [3.8, 4) is 0 Å². The fraction of sp³-hybridized carbons (Fsp3) is 0.200. The third kappa shape index (κ3) is 2.05. The van der Waals surface area contributed by atoms with Crippen molar-refractivity contribution in [3.05, 3.63) is 29.6 Å². The molecule has 1 amide bonds. The number of hydrogen-bond acceptors (Lipinski definition) is 2. The summed E-state index contributed by atoms with van der Waals surface area (Å²) in [6.07, 6.45) is -3.65. The minimum absolute atomic E-state index is 0.216. The van der Waals surface area contributed by atoms with E-state index in [1.165, 1.54) is 0 Å². The van der Waals surface area contributed by atoms with Crippen LogP contribution in [0.4, 0.5) is 27.6 Å². The molecule has 0 atom stereocenters. The van der Waals surface area contributed by atoms with Crippen LogP contribution in [0.2, 0.25) is 0 Å². The predicted octanol–water partition coefficient (Wildman–Crippen LogP) is 2.46. The fourth-order valence-electron chi connectivity index (χ4n) is 1.43. The molecule has 1 aliphatic heterocycles. The number of halogens is 5. The lowest BCUT2D eigenvalue weighted by Gasteiger charge is -2.12. The zero-order valence-corrected chi connectivity index (χ0v) is 8.63. The maximum Gasteiger partial charge on any atom is 0.278 e. The van der Waals surface area contributed by atoms with Gasteiger partial charge in [-0.25, -0.2) is 22.0 Å². The molecule has 1 aromatic carbocycles. The van der Waals surface area contributed by atoms with Crippen LogP contribution in [-0.4, -0.2) is 18.0 Å². The van der Waals surface area contributed by atoms with Crippen LogP contribution in [0.3, 0.4) is 0 Å². The Morgan fingerprint density at radius 1 is 1.11 bits per heavy atom. The van der Waals surface area contributed by atoms with Crippen molar-refractivity contribution in [1.29, 1.82) is 0 Å². The lowest BCUT2D eigenvalue weighted by atomic mass is 10.2. The second kappa shape index (κ2) is 4.35. The number of hydrazone groups is 1. The van der Waals surface area contributed by atoms with E-state index >= 15 is 0 Å². The number of carbonyl (C=O) groups excluding carboxylic acids is 1. The lowest BCUT2D eigenvalue weighted by molar-refractivity contribution is -0.117. The molecule has 8 heteroatoms. The van der Waals surface area contributed by atoms with E-state index in [4.69, 9.17) is 0 Å². The maximum atomic E-state index is 13.3.